The number of aromatic nitrogens is 3. The van der Waals surface area contributed by atoms with E-state index in [1.165, 1.54) is 6.33 Å². The van der Waals surface area contributed by atoms with Crippen LogP contribution in [0.15, 0.2) is 83.9 Å². The van der Waals surface area contributed by atoms with Crippen LogP contribution < -0.4 is 22.3 Å². The molecule has 8 heteroatoms. The van der Waals surface area contributed by atoms with Crippen molar-refractivity contribution in [2.75, 3.05) is 11.1 Å². The van der Waals surface area contributed by atoms with Gasteiger partial charge in [0.15, 0.2) is 0 Å². The molecule has 0 saturated carbocycles. The Balaban J connectivity index is 1.62. The molecule has 0 amide bonds. The maximum Gasteiger partial charge on any atom is 0.263 e. The molecule has 0 spiro atoms. The van der Waals surface area contributed by atoms with Crippen LogP contribution in [0.3, 0.4) is 0 Å². The lowest BCUT2D eigenvalue weighted by Gasteiger charge is -2.19. The fourth-order valence-corrected chi connectivity index (χ4v) is 4.83. The average molecular weight is 504 g/mol. The molecule has 3 aromatic carbocycles. The van der Waals surface area contributed by atoms with Crippen molar-refractivity contribution in [1.29, 1.82) is 5.41 Å². The third kappa shape index (κ3) is 4.42. The molecule has 5 rings (SSSR count). The highest BCUT2D eigenvalue weighted by Crippen LogP contribution is 2.25. The minimum atomic E-state index is -0.0845. The first-order chi connectivity index (χ1) is 18.4. The van der Waals surface area contributed by atoms with Gasteiger partial charge in [0, 0.05) is 17.8 Å². The third-order valence-electron chi connectivity index (χ3n) is 6.76. The van der Waals surface area contributed by atoms with Crippen molar-refractivity contribution >= 4 is 28.1 Å². The normalized spacial score (nSPS) is 11.0. The molecule has 190 valence electrons. The summed E-state index contributed by atoms with van der Waals surface area (Å²) in [6, 6.07) is 23.1. The standard InChI is InChI=1S/C30H29N7O/c1-18-8-3-6-13-24(18)37-22(14-20-11-7-9-19(2)25(20)30(37)38)16-34-29-26(28(33)35-17-36-29)27(32)23-12-5-4-10-21(23)15-31/h3-14,17,32H,15-16,31H2,1-2H3,(H3,33,34,35,36). The Kier molecular flexibility index (Phi) is 6.72. The van der Waals surface area contributed by atoms with E-state index in [4.69, 9.17) is 16.9 Å². The first kappa shape index (κ1) is 24.9. The van der Waals surface area contributed by atoms with Crippen LogP contribution in [0.2, 0.25) is 0 Å². The van der Waals surface area contributed by atoms with Crippen LogP contribution in [0.5, 0.6) is 0 Å². The van der Waals surface area contributed by atoms with E-state index in [0.29, 0.717) is 22.3 Å². The number of aryl methyl sites for hydroxylation is 2. The van der Waals surface area contributed by atoms with Crippen LogP contribution in [0.1, 0.15) is 33.5 Å². The number of hydrogen-bond donors (Lipinski definition) is 4. The first-order valence-electron chi connectivity index (χ1n) is 12.3. The van der Waals surface area contributed by atoms with Crippen LogP contribution in [-0.2, 0) is 13.1 Å². The highest BCUT2D eigenvalue weighted by atomic mass is 16.1. The van der Waals surface area contributed by atoms with Gasteiger partial charge in [-0.05, 0) is 48.1 Å². The molecule has 2 aromatic heterocycles. The summed E-state index contributed by atoms with van der Waals surface area (Å²) in [6.07, 6.45) is 1.36. The molecular formula is C30H29N7O. The quantitative estimate of drug-likeness (QED) is 0.242. The molecule has 0 radical (unpaired) electrons. The average Bonchev–Trinajstić information content (AvgIpc) is 2.92. The lowest BCUT2D eigenvalue weighted by Crippen LogP contribution is -2.25. The number of fused-ring (bicyclic) bond motifs is 1. The predicted octanol–water partition coefficient (Wildman–Crippen LogP) is 4.47. The van der Waals surface area contributed by atoms with E-state index in [1.54, 1.807) is 4.57 Å². The number of nitrogen functional groups attached to an aromatic ring is 1. The van der Waals surface area contributed by atoms with Gasteiger partial charge in [-0.2, -0.15) is 0 Å². The number of nitrogens with two attached hydrogens (primary N) is 2. The number of anilines is 2. The number of pyridine rings is 1. The van der Waals surface area contributed by atoms with Gasteiger partial charge >= 0.3 is 0 Å². The molecule has 38 heavy (non-hydrogen) atoms. The molecule has 0 saturated heterocycles. The Bertz CT molecular complexity index is 1740. The molecule has 0 unspecified atom stereocenters. The van der Waals surface area contributed by atoms with E-state index in [2.05, 4.69) is 15.3 Å². The molecule has 5 aromatic rings. The molecule has 0 aliphatic rings. The predicted molar refractivity (Wildman–Crippen MR) is 153 cm³/mol. The summed E-state index contributed by atoms with van der Waals surface area (Å²) in [5, 5.41) is 13.8. The smallest absolute Gasteiger partial charge is 0.263 e. The summed E-state index contributed by atoms with van der Waals surface area (Å²) in [5.41, 5.74) is 17.6. The number of rotatable bonds is 7. The number of benzene rings is 3. The van der Waals surface area contributed by atoms with E-state index in [0.717, 1.165) is 33.5 Å². The lowest BCUT2D eigenvalue weighted by molar-refractivity contribution is 0.883. The van der Waals surface area contributed by atoms with Gasteiger partial charge in [0.2, 0.25) is 0 Å². The molecule has 0 fully saturated rings. The van der Waals surface area contributed by atoms with Crippen molar-refractivity contribution in [2.24, 2.45) is 5.73 Å². The van der Waals surface area contributed by atoms with Crippen molar-refractivity contribution < 1.29 is 0 Å². The van der Waals surface area contributed by atoms with Gasteiger partial charge in [-0.15, -0.1) is 0 Å². The van der Waals surface area contributed by atoms with Crippen LogP contribution in [0.25, 0.3) is 16.5 Å². The van der Waals surface area contributed by atoms with Crippen LogP contribution in [0.4, 0.5) is 11.6 Å². The fourth-order valence-electron chi connectivity index (χ4n) is 4.83. The van der Waals surface area contributed by atoms with Crippen LogP contribution in [0, 0.1) is 19.3 Å². The largest absolute Gasteiger partial charge is 0.383 e. The number of nitrogens with zero attached hydrogens (tertiary/aromatic N) is 3. The summed E-state index contributed by atoms with van der Waals surface area (Å²) in [5.74, 6) is 0.590. The summed E-state index contributed by atoms with van der Waals surface area (Å²) in [7, 11) is 0. The number of hydrogen-bond acceptors (Lipinski definition) is 7. The van der Waals surface area contributed by atoms with E-state index in [-0.39, 0.29) is 30.2 Å². The Labute approximate surface area is 220 Å². The minimum Gasteiger partial charge on any atom is -0.383 e. The van der Waals surface area contributed by atoms with E-state index in [1.807, 2.05) is 86.6 Å². The van der Waals surface area contributed by atoms with Gasteiger partial charge < -0.3 is 16.8 Å². The zero-order valence-electron chi connectivity index (χ0n) is 21.3. The lowest BCUT2D eigenvalue weighted by atomic mass is 9.98. The van der Waals surface area contributed by atoms with Crippen molar-refractivity contribution in [3.8, 4) is 5.69 Å². The Morgan fingerprint density at radius 3 is 2.50 bits per heavy atom. The van der Waals surface area contributed by atoms with E-state index >= 15 is 0 Å². The molecule has 0 atom stereocenters. The Morgan fingerprint density at radius 2 is 1.71 bits per heavy atom. The summed E-state index contributed by atoms with van der Waals surface area (Å²) >= 11 is 0. The topological polar surface area (TPSA) is 136 Å². The molecular weight excluding hydrogens is 474 g/mol. The second kappa shape index (κ2) is 10.3. The van der Waals surface area contributed by atoms with Gasteiger partial charge in [-0.3, -0.25) is 14.8 Å². The summed E-state index contributed by atoms with van der Waals surface area (Å²) < 4.78 is 1.75. The van der Waals surface area contributed by atoms with Gasteiger partial charge in [-0.1, -0.05) is 60.7 Å². The summed E-state index contributed by atoms with van der Waals surface area (Å²) in [6.45, 7) is 4.49. The van der Waals surface area contributed by atoms with Gasteiger partial charge in [0.25, 0.3) is 5.56 Å². The molecule has 0 aliphatic heterocycles. The highest BCUT2D eigenvalue weighted by Gasteiger charge is 2.19. The second-order valence-electron chi connectivity index (χ2n) is 9.17. The van der Waals surface area contributed by atoms with Gasteiger partial charge in [0.1, 0.15) is 18.0 Å². The van der Waals surface area contributed by atoms with Crippen LogP contribution >= 0.6 is 0 Å². The Morgan fingerprint density at radius 1 is 0.974 bits per heavy atom. The van der Waals surface area contributed by atoms with E-state index < -0.39 is 0 Å². The van der Waals surface area contributed by atoms with Crippen molar-refractivity contribution in [3.63, 3.8) is 0 Å². The molecule has 8 nitrogen and oxygen atoms in total. The third-order valence-corrected chi connectivity index (χ3v) is 6.76. The number of para-hydroxylation sites is 1. The van der Waals surface area contributed by atoms with E-state index in [9.17, 15) is 4.79 Å². The molecule has 0 aliphatic carbocycles. The zero-order chi connectivity index (χ0) is 26.8. The molecule has 0 bridgehead atoms. The highest BCUT2D eigenvalue weighted by molar-refractivity contribution is 6.16. The Hall–Kier alpha value is -4.82. The molecule has 6 N–H and O–H groups in total. The molecule has 2 heterocycles. The SMILES string of the molecule is Cc1ccccc1-n1c(CNc2ncnc(N)c2C(=N)c2ccccc2CN)cc2cccc(C)c2c1=O. The maximum atomic E-state index is 13.9. The van der Waals surface area contributed by atoms with Crippen molar-refractivity contribution in [1.82, 2.24) is 14.5 Å². The van der Waals surface area contributed by atoms with Crippen molar-refractivity contribution in [3.05, 3.63) is 123 Å². The van der Waals surface area contributed by atoms with Gasteiger partial charge in [-0.25, -0.2) is 9.97 Å². The van der Waals surface area contributed by atoms with Gasteiger partial charge in [0.05, 0.1) is 28.9 Å². The monoisotopic (exact) mass is 503 g/mol. The maximum absolute atomic E-state index is 13.9. The summed E-state index contributed by atoms with van der Waals surface area (Å²) in [4.78, 5) is 22.4. The van der Waals surface area contributed by atoms with Crippen LogP contribution in [-0.4, -0.2) is 20.2 Å². The van der Waals surface area contributed by atoms with Crippen molar-refractivity contribution in [2.45, 2.75) is 26.9 Å². The minimum absolute atomic E-state index is 0.0845. The fraction of sp³-hybridized carbons (Fsp3) is 0.133. The first-order valence-corrected chi connectivity index (χ1v) is 12.3. The number of nitrogens with one attached hydrogen (secondary N) is 2. The second-order valence-corrected chi connectivity index (χ2v) is 9.17. The zero-order valence-corrected chi connectivity index (χ0v) is 21.3.